The van der Waals surface area contributed by atoms with E-state index in [1.165, 1.54) is 10.5 Å². The van der Waals surface area contributed by atoms with Gasteiger partial charge in [0, 0.05) is 12.1 Å². The second-order valence-electron chi connectivity index (χ2n) is 7.73. The van der Waals surface area contributed by atoms with Gasteiger partial charge in [-0.15, -0.1) is 11.3 Å². The number of thiazole rings is 1. The van der Waals surface area contributed by atoms with Crippen molar-refractivity contribution >= 4 is 39.1 Å². The number of aryl methyl sites for hydroxylation is 1. The molecule has 0 bridgehead atoms. The molecule has 1 N–H and O–H groups in total. The van der Waals surface area contributed by atoms with Crippen molar-refractivity contribution < 1.29 is 9.59 Å². The first-order chi connectivity index (χ1) is 15.1. The standard InChI is InChI=1S/C25H21N3O2S/c1-16-7-12-20-22(13-16)31-24(27-20)18-8-10-19(11-9-18)28-23(29)14-21(25(28)30)26-15-17-5-3-2-4-6-17/h2-13,21,26H,14-15H2,1H3. The Bertz CT molecular complexity index is 1270. The summed E-state index contributed by atoms with van der Waals surface area (Å²) in [6.45, 7) is 2.62. The largest absolute Gasteiger partial charge is 0.301 e. The highest BCUT2D eigenvalue weighted by atomic mass is 32.1. The molecule has 3 aromatic carbocycles. The van der Waals surface area contributed by atoms with E-state index in [0.29, 0.717) is 12.2 Å². The molecule has 2 heterocycles. The number of nitrogens with one attached hydrogen (secondary N) is 1. The molecule has 1 atom stereocenters. The van der Waals surface area contributed by atoms with E-state index in [1.807, 2.05) is 60.7 Å². The molecule has 154 valence electrons. The Labute approximate surface area is 184 Å². The molecule has 5 nitrogen and oxygen atoms in total. The van der Waals surface area contributed by atoms with Gasteiger partial charge in [-0.25, -0.2) is 9.88 Å². The number of rotatable bonds is 5. The average Bonchev–Trinajstić information content (AvgIpc) is 3.33. The lowest BCUT2D eigenvalue weighted by molar-refractivity contribution is -0.121. The van der Waals surface area contributed by atoms with Gasteiger partial charge in [0.15, 0.2) is 0 Å². The third-order valence-corrected chi connectivity index (χ3v) is 6.53. The lowest BCUT2D eigenvalue weighted by Crippen LogP contribution is -2.38. The molecule has 0 spiro atoms. The highest BCUT2D eigenvalue weighted by Crippen LogP contribution is 2.32. The Hall–Kier alpha value is -3.35. The van der Waals surface area contributed by atoms with E-state index in [2.05, 4.69) is 24.4 Å². The first-order valence-corrected chi connectivity index (χ1v) is 11.0. The molecule has 5 rings (SSSR count). The summed E-state index contributed by atoms with van der Waals surface area (Å²) in [4.78, 5) is 31.4. The van der Waals surface area contributed by atoms with Crippen molar-refractivity contribution in [2.45, 2.75) is 25.9 Å². The summed E-state index contributed by atoms with van der Waals surface area (Å²) < 4.78 is 1.15. The van der Waals surface area contributed by atoms with E-state index in [9.17, 15) is 9.59 Å². The van der Waals surface area contributed by atoms with E-state index in [1.54, 1.807) is 11.3 Å². The third kappa shape index (κ3) is 3.87. The average molecular weight is 428 g/mol. The summed E-state index contributed by atoms with van der Waals surface area (Å²) in [7, 11) is 0. The van der Waals surface area contributed by atoms with Crippen LogP contribution in [-0.4, -0.2) is 22.8 Å². The molecule has 1 saturated heterocycles. The summed E-state index contributed by atoms with van der Waals surface area (Å²) in [5.74, 6) is -0.386. The zero-order valence-electron chi connectivity index (χ0n) is 17.0. The van der Waals surface area contributed by atoms with Gasteiger partial charge in [-0.3, -0.25) is 9.59 Å². The van der Waals surface area contributed by atoms with E-state index in [4.69, 9.17) is 4.98 Å². The molecule has 0 radical (unpaired) electrons. The molecule has 1 fully saturated rings. The number of fused-ring (bicyclic) bond motifs is 1. The Morgan fingerprint density at radius 3 is 2.58 bits per heavy atom. The minimum absolute atomic E-state index is 0.171. The zero-order chi connectivity index (χ0) is 21.4. The number of carbonyl (C=O) groups excluding carboxylic acids is 2. The van der Waals surface area contributed by atoms with Crippen molar-refractivity contribution in [3.63, 3.8) is 0 Å². The topological polar surface area (TPSA) is 62.3 Å². The number of anilines is 1. The number of nitrogens with zero attached hydrogens (tertiary/aromatic N) is 2. The predicted molar refractivity (Wildman–Crippen MR) is 124 cm³/mol. The first kappa shape index (κ1) is 19.6. The lowest BCUT2D eigenvalue weighted by atomic mass is 10.2. The minimum Gasteiger partial charge on any atom is -0.301 e. The van der Waals surface area contributed by atoms with E-state index in [-0.39, 0.29) is 18.2 Å². The molecule has 1 unspecified atom stereocenters. The fraction of sp³-hybridized carbons (Fsp3) is 0.160. The van der Waals surface area contributed by atoms with Gasteiger partial charge in [0.05, 0.1) is 28.4 Å². The summed E-state index contributed by atoms with van der Waals surface area (Å²) in [6.07, 6.45) is 0.171. The van der Waals surface area contributed by atoms with Crippen LogP contribution in [0.15, 0.2) is 72.8 Å². The van der Waals surface area contributed by atoms with Crippen molar-refractivity contribution in [1.82, 2.24) is 10.3 Å². The molecule has 1 aliphatic heterocycles. The quantitative estimate of drug-likeness (QED) is 0.469. The van der Waals surface area contributed by atoms with Crippen LogP contribution in [0, 0.1) is 6.92 Å². The molecule has 1 aromatic heterocycles. The molecule has 0 aliphatic carbocycles. The first-order valence-electron chi connectivity index (χ1n) is 10.2. The number of aromatic nitrogens is 1. The normalized spacial score (nSPS) is 16.4. The predicted octanol–water partition coefficient (Wildman–Crippen LogP) is 4.69. The summed E-state index contributed by atoms with van der Waals surface area (Å²) in [6, 6.07) is 23.1. The second-order valence-corrected chi connectivity index (χ2v) is 8.76. The maximum atomic E-state index is 12.9. The Morgan fingerprint density at radius 1 is 1.03 bits per heavy atom. The van der Waals surface area contributed by atoms with E-state index in [0.717, 1.165) is 26.4 Å². The van der Waals surface area contributed by atoms with Crippen LogP contribution in [0.2, 0.25) is 0 Å². The Morgan fingerprint density at radius 2 is 1.81 bits per heavy atom. The number of benzene rings is 3. The van der Waals surface area contributed by atoms with Gasteiger partial charge in [-0.1, -0.05) is 36.4 Å². The molecule has 6 heteroatoms. The zero-order valence-corrected chi connectivity index (χ0v) is 17.9. The second kappa shape index (κ2) is 8.06. The van der Waals surface area contributed by atoms with Gasteiger partial charge >= 0.3 is 0 Å². The van der Waals surface area contributed by atoms with Crippen LogP contribution < -0.4 is 10.2 Å². The summed E-state index contributed by atoms with van der Waals surface area (Å²) in [5.41, 5.74) is 4.84. The van der Waals surface area contributed by atoms with Gasteiger partial charge in [0.25, 0.3) is 5.91 Å². The molecule has 4 aromatic rings. The van der Waals surface area contributed by atoms with Gasteiger partial charge in [-0.05, 0) is 54.4 Å². The Balaban J connectivity index is 1.32. The number of amides is 2. The molecular weight excluding hydrogens is 406 g/mol. The maximum absolute atomic E-state index is 12.9. The fourth-order valence-electron chi connectivity index (χ4n) is 3.81. The number of hydrogen-bond donors (Lipinski definition) is 1. The van der Waals surface area contributed by atoms with Crippen LogP contribution in [0.5, 0.6) is 0 Å². The van der Waals surface area contributed by atoms with Crippen molar-refractivity contribution in [2.75, 3.05) is 4.90 Å². The number of carbonyl (C=O) groups is 2. The fourth-order valence-corrected chi connectivity index (χ4v) is 4.88. The van der Waals surface area contributed by atoms with Crippen molar-refractivity contribution in [3.05, 3.63) is 83.9 Å². The molecule has 0 saturated carbocycles. The minimum atomic E-state index is -0.500. The van der Waals surface area contributed by atoms with Gasteiger partial charge in [0.1, 0.15) is 5.01 Å². The maximum Gasteiger partial charge on any atom is 0.251 e. The third-order valence-electron chi connectivity index (χ3n) is 5.46. The highest BCUT2D eigenvalue weighted by Gasteiger charge is 2.39. The van der Waals surface area contributed by atoms with E-state index >= 15 is 0 Å². The Kier molecular flexibility index (Phi) is 5.10. The molecule has 31 heavy (non-hydrogen) atoms. The molecular formula is C25H21N3O2S. The van der Waals surface area contributed by atoms with Crippen LogP contribution in [0.4, 0.5) is 5.69 Å². The number of hydrogen-bond acceptors (Lipinski definition) is 5. The SMILES string of the molecule is Cc1ccc2nc(-c3ccc(N4C(=O)CC(NCc5ccccc5)C4=O)cc3)sc2c1. The summed E-state index contributed by atoms with van der Waals surface area (Å²) in [5, 5.41) is 4.14. The highest BCUT2D eigenvalue weighted by molar-refractivity contribution is 7.21. The summed E-state index contributed by atoms with van der Waals surface area (Å²) >= 11 is 1.64. The van der Waals surface area contributed by atoms with Crippen molar-refractivity contribution in [2.24, 2.45) is 0 Å². The number of imide groups is 1. The monoisotopic (exact) mass is 427 g/mol. The van der Waals surface area contributed by atoms with Gasteiger partial charge in [0.2, 0.25) is 5.91 Å². The van der Waals surface area contributed by atoms with Crippen LogP contribution in [0.25, 0.3) is 20.8 Å². The van der Waals surface area contributed by atoms with Crippen LogP contribution in [-0.2, 0) is 16.1 Å². The molecule has 2 amide bonds. The van der Waals surface area contributed by atoms with E-state index < -0.39 is 6.04 Å². The van der Waals surface area contributed by atoms with Gasteiger partial charge in [-0.2, -0.15) is 0 Å². The van der Waals surface area contributed by atoms with Crippen LogP contribution in [0.1, 0.15) is 17.5 Å². The smallest absolute Gasteiger partial charge is 0.251 e. The van der Waals surface area contributed by atoms with Gasteiger partial charge < -0.3 is 5.32 Å². The van der Waals surface area contributed by atoms with Crippen LogP contribution >= 0.6 is 11.3 Å². The van der Waals surface area contributed by atoms with Crippen LogP contribution in [0.3, 0.4) is 0 Å². The molecule has 1 aliphatic rings. The van der Waals surface area contributed by atoms with Crippen molar-refractivity contribution in [3.8, 4) is 10.6 Å². The van der Waals surface area contributed by atoms with Crippen molar-refractivity contribution in [1.29, 1.82) is 0 Å². The lowest BCUT2D eigenvalue weighted by Gasteiger charge is -2.16.